The number of aromatic nitrogens is 2. The van der Waals surface area contributed by atoms with Gasteiger partial charge >= 0.3 is 13.5 Å². The fourth-order valence-electron chi connectivity index (χ4n) is 1.89. The van der Waals surface area contributed by atoms with E-state index in [0.29, 0.717) is 6.20 Å². The lowest BCUT2D eigenvalue weighted by Crippen LogP contribution is -2.43. The van der Waals surface area contributed by atoms with E-state index in [9.17, 15) is 33.6 Å². The number of H-pyrrole nitrogens is 1. The van der Waals surface area contributed by atoms with E-state index in [1.54, 1.807) is 4.98 Å². The van der Waals surface area contributed by atoms with E-state index in [1.807, 2.05) is 0 Å². The third kappa shape index (κ3) is 3.52. The molecule has 0 bridgehead atoms. The van der Waals surface area contributed by atoms with Crippen molar-refractivity contribution in [1.29, 1.82) is 0 Å². The molecule has 0 amide bonds. The number of aldehydes is 1. The zero-order chi connectivity index (χ0) is 20.1. The van der Waals surface area contributed by atoms with E-state index in [4.69, 9.17) is 12.5 Å². The Kier molecular flexibility index (Phi) is 4.14. The van der Waals surface area contributed by atoms with Crippen molar-refractivity contribution in [3.05, 3.63) is 32.6 Å². The Bertz CT molecular complexity index is 883. The molecule has 24 heavy (non-hydrogen) atoms. The zero-order valence-corrected chi connectivity index (χ0v) is 12.3. The third-order valence-electron chi connectivity index (χ3n) is 2.99. The molecule has 0 aromatic carbocycles. The van der Waals surface area contributed by atoms with Crippen LogP contribution in [0.3, 0.4) is 0 Å². The van der Waals surface area contributed by atoms with Crippen LogP contribution in [0.1, 0.15) is 19.3 Å². The molecule has 1 aliphatic heterocycles. The van der Waals surface area contributed by atoms with Gasteiger partial charge in [-0.05, 0) is 0 Å². The number of carbonyl (C=O) groups is 1. The number of nitrogens with one attached hydrogen (secondary N) is 1. The summed E-state index contributed by atoms with van der Waals surface area (Å²) in [5, 5.41) is 19.7. The van der Waals surface area contributed by atoms with Gasteiger partial charge in [0.25, 0.3) is 11.4 Å². The van der Waals surface area contributed by atoms with Gasteiger partial charge in [-0.1, -0.05) is 0 Å². The van der Waals surface area contributed by atoms with Gasteiger partial charge in [-0.15, -0.1) is 0 Å². The summed E-state index contributed by atoms with van der Waals surface area (Å²) in [7, 11) is -5.60. The standard InChI is InChI=1S/C10H12FN2O10P/c11-10(3-22-24(19,20)21)6(16)5(15)8(23-10)13-1-4(2-14)7(17)12-9(13)18/h1-2,5-6,8,15-16H,3H2,(H,12,17,18)(H2,19,20,21)/t5-,6+,8-,10-/m1/s1/i3D2. The molecule has 4 atom stereocenters. The molecule has 1 fully saturated rings. The van der Waals surface area contributed by atoms with Gasteiger partial charge in [-0.3, -0.25) is 23.7 Å². The van der Waals surface area contributed by atoms with E-state index < -0.39 is 55.5 Å². The molecule has 0 unspecified atom stereocenters. The van der Waals surface area contributed by atoms with Crippen LogP contribution >= 0.6 is 7.82 Å². The van der Waals surface area contributed by atoms with Crippen molar-refractivity contribution in [2.75, 3.05) is 6.56 Å². The quantitative estimate of drug-likeness (QED) is 0.270. The molecule has 0 radical (unpaired) electrons. The van der Waals surface area contributed by atoms with Crippen LogP contribution in [0.2, 0.25) is 0 Å². The Labute approximate surface area is 134 Å². The Balaban J connectivity index is 2.51. The lowest BCUT2D eigenvalue weighted by Gasteiger charge is -2.22. The van der Waals surface area contributed by atoms with Gasteiger partial charge in [0, 0.05) is 6.20 Å². The fourth-order valence-corrected chi connectivity index (χ4v) is 2.14. The Morgan fingerprint density at radius 1 is 1.54 bits per heavy atom. The molecule has 134 valence electrons. The molecule has 14 heteroatoms. The normalized spacial score (nSPS) is 32.3. The lowest BCUT2D eigenvalue weighted by atomic mass is 10.1. The predicted octanol–water partition coefficient (Wildman–Crippen LogP) is -2.63. The van der Waals surface area contributed by atoms with Crippen LogP contribution in [-0.4, -0.2) is 60.5 Å². The van der Waals surface area contributed by atoms with Gasteiger partial charge in [-0.25, -0.2) is 13.8 Å². The first kappa shape index (κ1) is 15.8. The summed E-state index contributed by atoms with van der Waals surface area (Å²) in [4.78, 5) is 52.8. The van der Waals surface area contributed by atoms with Crippen LogP contribution in [0.25, 0.3) is 0 Å². The summed E-state index contributed by atoms with van der Waals surface area (Å²) in [6, 6.07) is 0. The molecular weight excluding hydrogens is 358 g/mol. The molecule has 12 nitrogen and oxygen atoms in total. The summed E-state index contributed by atoms with van der Waals surface area (Å²) < 4.78 is 48.7. The number of hydrogen-bond donors (Lipinski definition) is 5. The summed E-state index contributed by atoms with van der Waals surface area (Å²) in [5.74, 6) is -4.03. The number of phosphoric ester groups is 1. The number of alkyl halides is 1. The van der Waals surface area contributed by atoms with Crippen LogP contribution in [0, 0.1) is 0 Å². The van der Waals surface area contributed by atoms with E-state index in [1.165, 1.54) is 0 Å². The topological polar surface area (TPSA) is 188 Å². The molecule has 1 aromatic rings. The number of rotatable bonds is 5. The van der Waals surface area contributed by atoms with Crippen LogP contribution in [-0.2, 0) is 13.8 Å². The second kappa shape index (κ2) is 6.29. The highest BCUT2D eigenvalue weighted by atomic mass is 31.2. The zero-order valence-electron chi connectivity index (χ0n) is 13.4. The molecular formula is C10H12FN2O10P. The van der Waals surface area contributed by atoms with E-state index in [0.717, 1.165) is 0 Å². The molecule has 0 saturated carbocycles. The number of hydrogen-bond acceptors (Lipinski definition) is 8. The first-order valence-corrected chi connectivity index (χ1v) is 7.56. The summed E-state index contributed by atoms with van der Waals surface area (Å²) in [6.45, 7) is -3.97. The van der Waals surface area contributed by atoms with Crippen LogP contribution in [0.15, 0.2) is 15.8 Å². The van der Waals surface area contributed by atoms with Crippen molar-refractivity contribution in [3.8, 4) is 0 Å². The maximum atomic E-state index is 14.9. The highest BCUT2D eigenvalue weighted by molar-refractivity contribution is 7.46. The second-order valence-corrected chi connectivity index (χ2v) is 5.81. The van der Waals surface area contributed by atoms with Crippen molar-refractivity contribution in [1.82, 2.24) is 9.55 Å². The molecule has 1 saturated heterocycles. The Hall–Kier alpha value is -1.73. The van der Waals surface area contributed by atoms with Gasteiger partial charge in [-0.2, -0.15) is 0 Å². The molecule has 0 aliphatic carbocycles. The van der Waals surface area contributed by atoms with Gasteiger partial charge in [0.2, 0.25) is 0 Å². The van der Waals surface area contributed by atoms with Crippen molar-refractivity contribution < 1.29 is 45.8 Å². The van der Waals surface area contributed by atoms with Crippen LogP contribution in [0.4, 0.5) is 4.39 Å². The summed E-state index contributed by atoms with van der Waals surface area (Å²) in [6.07, 6.45) is -6.72. The summed E-state index contributed by atoms with van der Waals surface area (Å²) in [5.41, 5.74) is -3.06. The fraction of sp³-hybridized carbons (Fsp3) is 0.500. The number of aliphatic hydroxyl groups excluding tert-OH is 2. The first-order valence-electron chi connectivity index (χ1n) is 7.03. The smallest absolute Gasteiger partial charge is 0.385 e. The number of ether oxygens (including phenoxy) is 1. The Morgan fingerprint density at radius 3 is 2.71 bits per heavy atom. The van der Waals surface area contributed by atoms with Crippen molar-refractivity contribution in [3.63, 3.8) is 0 Å². The van der Waals surface area contributed by atoms with E-state index in [-0.39, 0.29) is 10.9 Å². The lowest BCUT2D eigenvalue weighted by molar-refractivity contribution is -0.205. The van der Waals surface area contributed by atoms with Crippen LogP contribution < -0.4 is 11.2 Å². The van der Waals surface area contributed by atoms with Gasteiger partial charge in [0.05, 0.1) is 8.30 Å². The summed E-state index contributed by atoms with van der Waals surface area (Å²) >= 11 is 0. The van der Waals surface area contributed by atoms with Crippen molar-refractivity contribution >= 4 is 14.1 Å². The monoisotopic (exact) mass is 372 g/mol. The number of aromatic amines is 1. The third-order valence-corrected chi connectivity index (χ3v) is 3.32. The molecule has 1 aliphatic rings. The van der Waals surface area contributed by atoms with E-state index in [2.05, 4.69) is 9.26 Å². The number of aliphatic hydroxyl groups is 2. The molecule has 2 heterocycles. The number of phosphoric acid groups is 1. The molecule has 1 aromatic heterocycles. The van der Waals surface area contributed by atoms with Crippen LogP contribution in [0.5, 0.6) is 0 Å². The van der Waals surface area contributed by atoms with E-state index >= 15 is 0 Å². The first-order chi connectivity index (χ1) is 11.7. The maximum Gasteiger partial charge on any atom is 0.469 e. The highest BCUT2D eigenvalue weighted by Gasteiger charge is 2.57. The number of nitrogens with zero attached hydrogens (tertiary/aromatic N) is 1. The maximum absolute atomic E-state index is 14.9. The van der Waals surface area contributed by atoms with Gasteiger partial charge < -0.3 is 24.7 Å². The average Bonchev–Trinajstić information content (AvgIpc) is 2.71. The highest BCUT2D eigenvalue weighted by Crippen LogP contribution is 2.43. The minimum Gasteiger partial charge on any atom is -0.385 e. The minimum absolute atomic E-state index is 0.0192. The predicted molar refractivity (Wildman–Crippen MR) is 70.7 cm³/mol. The molecule has 0 spiro atoms. The van der Waals surface area contributed by atoms with Crippen molar-refractivity contribution in [2.45, 2.75) is 24.3 Å². The second-order valence-electron chi connectivity index (χ2n) is 4.64. The van der Waals surface area contributed by atoms with Gasteiger partial charge in [0.15, 0.2) is 12.5 Å². The van der Waals surface area contributed by atoms with Crippen molar-refractivity contribution in [2.24, 2.45) is 0 Å². The number of halogens is 1. The minimum atomic E-state index is -5.60. The van der Waals surface area contributed by atoms with Gasteiger partial charge in [0.1, 0.15) is 18.8 Å². The largest absolute Gasteiger partial charge is 0.469 e. The molecule has 5 N–H and O–H groups in total. The Morgan fingerprint density at radius 2 is 2.17 bits per heavy atom. The number of carbonyl (C=O) groups excluding carboxylic acids is 1. The average molecular weight is 372 g/mol. The SMILES string of the molecule is [2H]C([2H])(OP(=O)(O)O)[C@@]1(F)O[C@@H](n2cc(C=O)c(=O)[nH]c2=O)[C@H](O)[C@@H]1O. The molecule has 2 rings (SSSR count).